The minimum atomic E-state index is -4.67. The first kappa shape index (κ1) is 15.0. The highest BCUT2D eigenvalue weighted by molar-refractivity contribution is 9.10. The summed E-state index contributed by atoms with van der Waals surface area (Å²) in [5.74, 6) is -0.796. The van der Waals surface area contributed by atoms with E-state index < -0.39 is 29.9 Å². The maximum Gasteiger partial charge on any atom is 0.431 e. The molecule has 0 saturated heterocycles. The summed E-state index contributed by atoms with van der Waals surface area (Å²) in [7, 11) is 0. The molecule has 1 aliphatic rings. The van der Waals surface area contributed by atoms with Crippen LogP contribution in [0.25, 0.3) is 0 Å². The van der Waals surface area contributed by atoms with Gasteiger partial charge in [0.15, 0.2) is 5.72 Å². The number of carbonyl (C=O) groups excluding carboxylic acids is 1. The molecule has 0 aromatic heterocycles. The molecule has 1 atom stereocenters. The molecule has 1 N–H and O–H groups in total. The maximum absolute atomic E-state index is 12.6. The summed E-state index contributed by atoms with van der Waals surface area (Å²) in [6.45, 7) is 1.12. The molecule has 1 heterocycles. The summed E-state index contributed by atoms with van der Waals surface area (Å²) in [5, 5.41) is 13.7. The van der Waals surface area contributed by atoms with E-state index in [1.165, 1.54) is 12.1 Å². The highest BCUT2D eigenvalue weighted by Crippen LogP contribution is 2.33. The Balaban J connectivity index is 2.36. The Morgan fingerprint density at radius 1 is 1.50 bits per heavy atom. The van der Waals surface area contributed by atoms with Crippen molar-refractivity contribution in [3.63, 3.8) is 0 Å². The second-order valence-electron chi connectivity index (χ2n) is 4.57. The standard InChI is InChI=1S/C12H10BrF3N2O2/c1-11(20)6-9(12(14,15)16)17-18(11)10(19)7-3-2-4-8(13)5-7/h2-5,20H,6H2,1H3/t11-/m1/s1. The van der Waals surface area contributed by atoms with E-state index >= 15 is 0 Å². The van der Waals surface area contributed by atoms with Gasteiger partial charge in [0.25, 0.3) is 5.91 Å². The second-order valence-corrected chi connectivity index (χ2v) is 5.48. The number of hydrogen-bond donors (Lipinski definition) is 1. The molecule has 108 valence electrons. The van der Waals surface area contributed by atoms with E-state index in [-0.39, 0.29) is 5.56 Å². The highest BCUT2D eigenvalue weighted by atomic mass is 79.9. The van der Waals surface area contributed by atoms with Gasteiger partial charge in [-0.2, -0.15) is 23.3 Å². The van der Waals surface area contributed by atoms with Gasteiger partial charge in [-0.15, -0.1) is 0 Å². The molecule has 2 rings (SSSR count). The number of amides is 1. The topological polar surface area (TPSA) is 52.9 Å². The molecule has 1 aromatic carbocycles. The van der Waals surface area contributed by atoms with Crippen molar-refractivity contribution in [2.45, 2.75) is 25.2 Å². The van der Waals surface area contributed by atoms with Gasteiger partial charge in [-0.05, 0) is 25.1 Å². The Kier molecular flexibility index (Phi) is 3.64. The van der Waals surface area contributed by atoms with E-state index in [0.717, 1.165) is 6.92 Å². The van der Waals surface area contributed by atoms with Crippen LogP contribution in [-0.4, -0.2) is 33.6 Å². The van der Waals surface area contributed by atoms with E-state index in [2.05, 4.69) is 21.0 Å². The van der Waals surface area contributed by atoms with Crippen molar-refractivity contribution in [3.8, 4) is 0 Å². The summed E-state index contributed by atoms with van der Waals surface area (Å²) in [5.41, 5.74) is -3.04. The van der Waals surface area contributed by atoms with Crippen LogP contribution in [0.15, 0.2) is 33.8 Å². The lowest BCUT2D eigenvalue weighted by atomic mass is 10.1. The first-order chi connectivity index (χ1) is 9.11. The van der Waals surface area contributed by atoms with E-state index in [9.17, 15) is 23.1 Å². The normalized spacial score (nSPS) is 22.9. The zero-order chi connectivity index (χ0) is 15.1. The number of hydrazone groups is 1. The molecule has 1 aromatic rings. The van der Waals surface area contributed by atoms with Gasteiger partial charge in [0.05, 0.1) is 0 Å². The molecule has 4 nitrogen and oxygen atoms in total. The Labute approximate surface area is 121 Å². The van der Waals surface area contributed by atoms with Crippen LogP contribution in [-0.2, 0) is 0 Å². The molecule has 1 aliphatic heterocycles. The third-order valence-corrected chi connectivity index (χ3v) is 3.26. The van der Waals surface area contributed by atoms with Gasteiger partial charge >= 0.3 is 6.18 Å². The highest BCUT2D eigenvalue weighted by Gasteiger charge is 2.49. The summed E-state index contributed by atoms with van der Waals surface area (Å²) in [4.78, 5) is 12.2. The molecule has 0 unspecified atom stereocenters. The zero-order valence-electron chi connectivity index (χ0n) is 10.3. The van der Waals surface area contributed by atoms with E-state index in [4.69, 9.17) is 0 Å². The summed E-state index contributed by atoms with van der Waals surface area (Å²) in [6, 6.07) is 6.11. The first-order valence-electron chi connectivity index (χ1n) is 5.58. The van der Waals surface area contributed by atoms with Gasteiger partial charge in [-0.1, -0.05) is 22.0 Å². The Hall–Kier alpha value is -1.41. The molecule has 8 heteroatoms. The van der Waals surface area contributed by atoms with Crippen molar-refractivity contribution >= 4 is 27.5 Å². The SMILES string of the molecule is C[C@@]1(O)CC(C(F)(F)F)=NN1C(=O)c1cccc(Br)c1. The minimum Gasteiger partial charge on any atom is -0.369 e. The summed E-state index contributed by atoms with van der Waals surface area (Å²) >= 11 is 3.16. The predicted molar refractivity (Wildman–Crippen MR) is 69.0 cm³/mol. The van der Waals surface area contributed by atoms with Gasteiger partial charge in [0.2, 0.25) is 0 Å². The summed E-state index contributed by atoms with van der Waals surface area (Å²) in [6.07, 6.45) is -5.42. The van der Waals surface area contributed by atoms with E-state index in [1.54, 1.807) is 12.1 Å². The van der Waals surface area contributed by atoms with Crippen LogP contribution in [0.5, 0.6) is 0 Å². The van der Waals surface area contributed by atoms with Gasteiger partial charge in [-0.3, -0.25) is 4.79 Å². The largest absolute Gasteiger partial charge is 0.431 e. The number of nitrogens with zero attached hydrogens (tertiary/aromatic N) is 2. The molecular weight excluding hydrogens is 341 g/mol. The van der Waals surface area contributed by atoms with Crippen molar-refractivity contribution in [1.82, 2.24) is 5.01 Å². The van der Waals surface area contributed by atoms with Crippen LogP contribution >= 0.6 is 15.9 Å². The second kappa shape index (κ2) is 4.85. The molecule has 0 saturated carbocycles. The zero-order valence-corrected chi connectivity index (χ0v) is 11.9. The number of aliphatic hydroxyl groups is 1. The fourth-order valence-corrected chi connectivity index (χ4v) is 2.22. The van der Waals surface area contributed by atoms with Crippen molar-refractivity contribution in [2.75, 3.05) is 0 Å². The average molecular weight is 351 g/mol. The third kappa shape index (κ3) is 2.85. The molecule has 1 amide bonds. The Morgan fingerprint density at radius 3 is 2.65 bits per heavy atom. The molecule has 0 fully saturated rings. The molecule has 0 aliphatic carbocycles. The van der Waals surface area contributed by atoms with Crippen molar-refractivity contribution in [2.24, 2.45) is 5.10 Å². The molecule has 0 radical (unpaired) electrons. The fraction of sp³-hybridized carbons (Fsp3) is 0.333. The smallest absolute Gasteiger partial charge is 0.369 e. The van der Waals surface area contributed by atoms with Crippen LogP contribution < -0.4 is 0 Å². The van der Waals surface area contributed by atoms with Gasteiger partial charge in [0, 0.05) is 16.5 Å². The minimum absolute atomic E-state index is 0.131. The lowest BCUT2D eigenvalue weighted by molar-refractivity contribution is -0.0679. The van der Waals surface area contributed by atoms with Crippen molar-refractivity contribution in [3.05, 3.63) is 34.3 Å². The molecular formula is C12H10BrF3N2O2. The van der Waals surface area contributed by atoms with Gasteiger partial charge in [-0.25, -0.2) is 0 Å². The summed E-state index contributed by atoms with van der Waals surface area (Å²) < 4.78 is 38.5. The number of carbonyl (C=O) groups is 1. The lowest BCUT2D eigenvalue weighted by Crippen LogP contribution is -2.43. The van der Waals surface area contributed by atoms with Crippen LogP contribution in [0.1, 0.15) is 23.7 Å². The number of alkyl halides is 3. The number of rotatable bonds is 1. The van der Waals surface area contributed by atoms with Crippen LogP contribution in [0.4, 0.5) is 13.2 Å². The first-order valence-corrected chi connectivity index (χ1v) is 6.38. The number of hydrogen-bond acceptors (Lipinski definition) is 3. The van der Waals surface area contributed by atoms with Crippen LogP contribution in [0, 0.1) is 0 Å². The van der Waals surface area contributed by atoms with Crippen molar-refractivity contribution in [1.29, 1.82) is 0 Å². The number of benzene rings is 1. The van der Waals surface area contributed by atoms with E-state index in [1.807, 2.05) is 0 Å². The molecule has 20 heavy (non-hydrogen) atoms. The molecule has 0 bridgehead atoms. The monoisotopic (exact) mass is 350 g/mol. The average Bonchev–Trinajstić information content (AvgIpc) is 2.64. The maximum atomic E-state index is 12.6. The quantitative estimate of drug-likeness (QED) is 0.846. The van der Waals surface area contributed by atoms with Crippen LogP contribution in [0.3, 0.4) is 0 Å². The van der Waals surface area contributed by atoms with E-state index in [0.29, 0.717) is 9.48 Å². The van der Waals surface area contributed by atoms with Crippen molar-refractivity contribution < 1.29 is 23.1 Å². The van der Waals surface area contributed by atoms with Gasteiger partial charge in [0.1, 0.15) is 5.71 Å². The lowest BCUT2D eigenvalue weighted by Gasteiger charge is -2.26. The Morgan fingerprint density at radius 2 is 2.15 bits per heavy atom. The molecule has 0 spiro atoms. The predicted octanol–water partition coefficient (Wildman–Crippen LogP) is 2.92. The Bertz CT molecular complexity index is 584. The third-order valence-electron chi connectivity index (χ3n) is 2.77. The van der Waals surface area contributed by atoms with Gasteiger partial charge < -0.3 is 5.11 Å². The number of halogens is 4. The van der Waals surface area contributed by atoms with Crippen LogP contribution in [0.2, 0.25) is 0 Å². The fourth-order valence-electron chi connectivity index (χ4n) is 1.82.